The quantitative estimate of drug-likeness (QED) is 0.694. The molecule has 0 unspecified atom stereocenters. The Morgan fingerprint density at radius 1 is 1.30 bits per heavy atom. The molecule has 0 aliphatic carbocycles. The molecule has 20 heavy (non-hydrogen) atoms. The molecule has 0 amide bonds. The molecule has 106 valence electrons. The highest BCUT2D eigenvalue weighted by molar-refractivity contribution is 5.87. The Morgan fingerprint density at radius 3 is 2.75 bits per heavy atom. The van der Waals surface area contributed by atoms with Crippen LogP contribution < -0.4 is 10.1 Å². The lowest BCUT2D eigenvalue weighted by atomic mass is 10.2. The Bertz CT molecular complexity index is 525. The van der Waals surface area contributed by atoms with Crippen molar-refractivity contribution in [3.8, 4) is 5.75 Å². The fraction of sp³-hybridized carbons (Fsp3) is 0.308. The molecule has 0 aliphatic heterocycles. The highest BCUT2D eigenvalue weighted by atomic mass is 16.5. The molecule has 2 rings (SSSR count). The smallest absolute Gasteiger partial charge is 0.335 e. The lowest BCUT2D eigenvalue weighted by Crippen LogP contribution is -2.23. The minimum absolute atomic E-state index is 0.245. The van der Waals surface area contributed by atoms with E-state index in [1.165, 1.54) is 18.5 Å². The van der Waals surface area contributed by atoms with Crippen LogP contribution in [-0.4, -0.2) is 40.9 Å². The summed E-state index contributed by atoms with van der Waals surface area (Å²) in [5.41, 5.74) is 0.245. The van der Waals surface area contributed by atoms with Gasteiger partial charge in [-0.2, -0.15) is 4.98 Å². The van der Waals surface area contributed by atoms with Gasteiger partial charge in [0.15, 0.2) is 6.33 Å². The maximum atomic E-state index is 10.7. The monoisotopic (exact) mass is 277 g/mol. The lowest BCUT2D eigenvalue weighted by molar-refractivity contribution is 0.0697. The minimum atomic E-state index is -0.945. The van der Waals surface area contributed by atoms with Crippen LogP contribution in [0.5, 0.6) is 5.75 Å². The molecule has 7 heteroatoms. The number of carboxylic acid groups (broad SMARTS) is 1. The molecule has 0 atom stereocenters. The predicted molar refractivity (Wildman–Crippen MR) is 69.8 cm³/mol. The Morgan fingerprint density at radius 2 is 2.10 bits per heavy atom. The van der Waals surface area contributed by atoms with Gasteiger partial charge in [-0.25, -0.2) is 4.79 Å². The number of aromatic nitrogens is 2. The van der Waals surface area contributed by atoms with Crippen molar-refractivity contribution < 1.29 is 19.2 Å². The molecule has 7 nitrogen and oxygen atoms in total. The topological polar surface area (TPSA) is 97.5 Å². The molecule has 1 aromatic heterocycles. The second-order valence-electron chi connectivity index (χ2n) is 4.01. The van der Waals surface area contributed by atoms with E-state index < -0.39 is 5.97 Å². The fourth-order valence-corrected chi connectivity index (χ4v) is 1.56. The molecule has 0 saturated heterocycles. The highest BCUT2D eigenvalue weighted by Crippen LogP contribution is 2.11. The SMILES string of the molecule is O=C(O)c1ccc(OCCNCCc2ncno2)cc1. The van der Waals surface area contributed by atoms with Crippen molar-refractivity contribution in [2.45, 2.75) is 6.42 Å². The molecular formula is C13H15N3O4. The van der Waals surface area contributed by atoms with Crippen molar-refractivity contribution in [1.82, 2.24) is 15.5 Å². The van der Waals surface area contributed by atoms with Crippen molar-refractivity contribution in [3.63, 3.8) is 0 Å². The molecule has 0 radical (unpaired) electrons. The van der Waals surface area contributed by atoms with Crippen LogP contribution in [0.15, 0.2) is 35.1 Å². The van der Waals surface area contributed by atoms with Gasteiger partial charge < -0.3 is 19.7 Å². The van der Waals surface area contributed by atoms with Gasteiger partial charge in [0, 0.05) is 19.5 Å². The van der Waals surface area contributed by atoms with Crippen LogP contribution in [0.3, 0.4) is 0 Å². The van der Waals surface area contributed by atoms with E-state index in [-0.39, 0.29) is 5.56 Å². The van der Waals surface area contributed by atoms with Crippen LogP contribution in [0.25, 0.3) is 0 Å². The Labute approximate surface area is 115 Å². The summed E-state index contributed by atoms with van der Waals surface area (Å²) >= 11 is 0. The van der Waals surface area contributed by atoms with Gasteiger partial charge in [0.2, 0.25) is 5.89 Å². The average molecular weight is 277 g/mol. The van der Waals surface area contributed by atoms with Gasteiger partial charge in [0.25, 0.3) is 0 Å². The predicted octanol–water partition coefficient (Wildman–Crippen LogP) is 0.979. The molecule has 0 aliphatic rings. The van der Waals surface area contributed by atoms with Crippen LogP contribution in [0, 0.1) is 0 Å². The summed E-state index contributed by atoms with van der Waals surface area (Å²) in [5.74, 6) is 0.302. The van der Waals surface area contributed by atoms with Crippen molar-refractivity contribution in [1.29, 1.82) is 0 Å². The maximum Gasteiger partial charge on any atom is 0.335 e. The summed E-state index contributed by atoms with van der Waals surface area (Å²) < 4.78 is 10.3. The number of aromatic carboxylic acids is 1. The summed E-state index contributed by atoms with van der Waals surface area (Å²) in [6, 6.07) is 6.31. The third kappa shape index (κ3) is 4.36. The zero-order valence-electron chi connectivity index (χ0n) is 10.8. The first kappa shape index (κ1) is 14.0. The third-order valence-corrected chi connectivity index (χ3v) is 2.57. The molecule has 0 saturated carbocycles. The number of hydrogen-bond donors (Lipinski definition) is 2. The zero-order valence-corrected chi connectivity index (χ0v) is 10.8. The number of carbonyl (C=O) groups is 1. The second kappa shape index (κ2) is 7.25. The van der Waals surface area contributed by atoms with Crippen molar-refractivity contribution in [3.05, 3.63) is 42.0 Å². The number of ether oxygens (including phenoxy) is 1. The normalized spacial score (nSPS) is 10.4. The lowest BCUT2D eigenvalue weighted by Gasteiger charge is -2.07. The van der Waals surface area contributed by atoms with E-state index in [1.54, 1.807) is 12.1 Å². The van der Waals surface area contributed by atoms with E-state index >= 15 is 0 Å². The van der Waals surface area contributed by atoms with Gasteiger partial charge in [0.05, 0.1) is 5.56 Å². The van der Waals surface area contributed by atoms with E-state index in [2.05, 4.69) is 15.5 Å². The van der Waals surface area contributed by atoms with Crippen molar-refractivity contribution >= 4 is 5.97 Å². The highest BCUT2D eigenvalue weighted by Gasteiger charge is 2.02. The van der Waals surface area contributed by atoms with Crippen LogP contribution in [0.2, 0.25) is 0 Å². The Kier molecular flexibility index (Phi) is 5.08. The van der Waals surface area contributed by atoms with Crippen LogP contribution in [0.1, 0.15) is 16.2 Å². The number of rotatable bonds is 8. The Hall–Kier alpha value is -2.41. The van der Waals surface area contributed by atoms with E-state index in [9.17, 15) is 4.79 Å². The third-order valence-electron chi connectivity index (χ3n) is 2.57. The number of hydrogen-bond acceptors (Lipinski definition) is 6. The summed E-state index contributed by atoms with van der Waals surface area (Å²) in [6.45, 7) is 1.90. The Balaban J connectivity index is 1.59. The molecule has 2 aromatic rings. The van der Waals surface area contributed by atoms with Gasteiger partial charge in [0.1, 0.15) is 12.4 Å². The van der Waals surface area contributed by atoms with E-state index in [0.29, 0.717) is 31.2 Å². The first-order valence-corrected chi connectivity index (χ1v) is 6.18. The van der Waals surface area contributed by atoms with Gasteiger partial charge in [-0.1, -0.05) is 5.16 Å². The van der Waals surface area contributed by atoms with E-state index in [0.717, 1.165) is 6.54 Å². The second-order valence-corrected chi connectivity index (χ2v) is 4.01. The fourth-order valence-electron chi connectivity index (χ4n) is 1.56. The summed E-state index contributed by atoms with van der Waals surface area (Å²) in [7, 11) is 0. The number of nitrogens with one attached hydrogen (secondary N) is 1. The summed E-state index contributed by atoms with van der Waals surface area (Å²) in [4.78, 5) is 14.6. The van der Waals surface area contributed by atoms with Crippen LogP contribution in [-0.2, 0) is 6.42 Å². The first-order chi connectivity index (χ1) is 9.75. The first-order valence-electron chi connectivity index (χ1n) is 6.18. The van der Waals surface area contributed by atoms with Gasteiger partial charge in [-0.15, -0.1) is 0 Å². The molecule has 0 spiro atoms. The van der Waals surface area contributed by atoms with E-state index in [4.69, 9.17) is 14.4 Å². The minimum Gasteiger partial charge on any atom is -0.492 e. The molecule has 1 heterocycles. The molecule has 0 fully saturated rings. The number of carboxylic acids is 1. The van der Waals surface area contributed by atoms with Crippen LogP contribution >= 0.6 is 0 Å². The van der Waals surface area contributed by atoms with Crippen molar-refractivity contribution in [2.75, 3.05) is 19.7 Å². The maximum absolute atomic E-state index is 10.7. The molecular weight excluding hydrogens is 262 g/mol. The van der Waals surface area contributed by atoms with E-state index in [1.807, 2.05) is 0 Å². The van der Waals surface area contributed by atoms with Gasteiger partial charge in [-0.05, 0) is 24.3 Å². The molecule has 1 aromatic carbocycles. The molecule has 0 bridgehead atoms. The largest absolute Gasteiger partial charge is 0.492 e. The summed E-state index contributed by atoms with van der Waals surface area (Å²) in [6.07, 6.45) is 2.05. The number of benzene rings is 1. The average Bonchev–Trinajstić information content (AvgIpc) is 2.96. The van der Waals surface area contributed by atoms with Crippen LogP contribution in [0.4, 0.5) is 0 Å². The zero-order chi connectivity index (χ0) is 14.2. The summed E-state index contributed by atoms with van der Waals surface area (Å²) in [5, 5.41) is 15.5. The van der Waals surface area contributed by atoms with Gasteiger partial charge >= 0.3 is 5.97 Å². The standard InChI is InChI=1S/C13H15N3O4/c17-13(18)10-1-3-11(4-2-10)19-8-7-14-6-5-12-15-9-16-20-12/h1-4,9,14H,5-8H2,(H,17,18). The number of nitrogens with zero attached hydrogens (tertiary/aromatic N) is 2. The molecule has 2 N–H and O–H groups in total. The van der Waals surface area contributed by atoms with Gasteiger partial charge in [-0.3, -0.25) is 0 Å². The van der Waals surface area contributed by atoms with Crippen molar-refractivity contribution in [2.24, 2.45) is 0 Å².